The highest BCUT2D eigenvalue weighted by atomic mass is 16.5. The molecule has 0 spiro atoms. The van der Waals surface area contributed by atoms with Crippen LogP contribution < -0.4 is 0 Å². The molecule has 2 heterocycles. The van der Waals surface area contributed by atoms with Crippen molar-refractivity contribution in [2.75, 3.05) is 46.4 Å². The lowest BCUT2D eigenvalue weighted by atomic mass is 10.00. The summed E-state index contributed by atoms with van der Waals surface area (Å²) >= 11 is 0. The van der Waals surface area contributed by atoms with Gasteiger partial charge in [-0.1, -0.05) is 6.42 Å². The van der Waals surface area contributed by atoms with Gasteiger partial charge in [-0.05, 0) is 51.9 Å². The minimum absolute atomic E-state index is 0.874. The molecule has 3 nitrogen and oxygen atoms in total. The Labute approximate surface area is 99.7 Å². The average molecular weight is 226 g/mol. The first-order valence-electron chi connectivity index (χ1n) is 6.85. The Balaban J connectivity index is 1.67. The molecule has 2 aliphatic rings. The lowest BCUT2D eigenvalue weighted by Crippen LogP contribution is -2.47. The van der Waals surface area contributed by atoms with Gasteiger partial charge in [0.25, 0.3) is 0 Å². The number of piperidine rings is 2. The van der Waals surface area contributed by atoms with E-state index < -0.39 is 0 Å². The van der Waals surface area contributed by atoms with E-state index in [4.69, 9.17) is 4.74 Å². The summed E-state index contributed by atoms with van der Waals surface area (Å²) in [6.07, 6.45) is 7.02. The van der Waals surface area contributed by atoms with E-state index in [1.165, 1.54) is 58.3 Å². The van der Waals surface area contributed by atoms with Crippen LogP contribution in [0.4, 0.5) is 0 Å². The minimum Gasteiger partial charge on any atom is -0.383 e. The van der Waals surface area contributed by atoms with E-state index in [2.05, 4.69) is 9.80 Å². The molecule has 0 radical (unpaired) electrons. The third-order valence-electron chi connectivity index (χ3n) is 4.08. The fraction of sp³-hybridized carbons (Fsp3) is 1.00. The molecular formula is C13H26N2O. The molecule has 0 unspecified atom stereocenters. The standard InChI is InChI=1S/C13H26N2O/c1-16-12-11-14-9-5-13(6-10-14)15-7-3-2-4-8-15/h13H,2-12H2,1H3. The summed E-state index contributed by atoms with van der Waals surface area (Å²) in [4.78, 5) is 5.28. The zero-order valence-corrected chi connectivity index (χ0v) is 10.7. The number of nitrogens with zero attached hydrogens (tertiary/aromatic N) is 2. The van der Waals surface area contributed by atoms with Gasteiger partial charge in [-0.3, -0.25) is 0 Å². The normalized spacial score (nSPS) is 26.1. The highest BCUT2D eigenvalue weighted by Gasteiger charge is 2.24. The van der Waals surface area contributed by atoms with Gasteiger partial charge in [-0.2, -0.15) is 0 Å². The largest absolute Gasteiger partial charge is 0.383 e. The molecule has 0 bridgehead atoms. The number of methoxy groups -OCH3 is 1. The maximum absolute atomic E-state index is 5.14. The first-order chi connectivity index (χ1) is 7.90. The molecule has 0 atom stereocenters. The molecule has 0 N–H and O–H groups in total. The third-order valence-corrected chi connectivity index (χ3v) is 4.08. The van der Waals surface area contributed by atoms with Crippen LogP contribution in [0.15, 0.2) is 0 Å². The van der Waals surface area contributed by atoms with Crippen LogP contribution in [0.25, 0.3) is 0 Å². The number of hydrogen-bond donors (Lipinski definition) is 0. The number of rotatable bonds is 4. The van der Waals surface area contributed by atoms with Crippen LogP contribution >= 0.6 is 0 Å². The Morgan fingerprint density at radius 2 is 1.69 bits per heavy atom. The fourth-order valence-corrected chi connectivity index (χ4v) is 3.01. The zero-order valence-electron chi connectivity index (χ0n) is 10.7. The molecule has 2 fully saturated rings. The summed E-state index contributed by atoms with van der Waals surface area (Å²) in [6, 6.07) is 0.874. The quantitative estimate of drug-likeness (QED) is 0.724. The van der Waals surface area contributed by atoms with Gasteiger partial charge >= 0.3 is 0 Å². The average Bonchev–Trinajstić information content (AvgIpc) is 2.38. The molecule has 0 saturated carbocycles. The van der Waals surface area contributed by atoms with Crippen molar-refractivity contribution >= 4 is 0 Å². The molecule has 0 aromatic carbocycles. The highest BCUT2D eigenvalue weighted by Crippen LogP contribution is 2.20. The van der Waals surface area contributed by atoms with E-state index in [0.717, 1.165) is 19.2 Å². The van der Waals surface area contributed by atoms with E-state index in [0.29, 0.717) is 0 Å². The predicted molar refractivity (Wildman–Crippen MR) is 66.8 cm³/mol. The minimum atomic E-state index is 0.874. The molecule has 0 aromatic rings. The molecule has 94 valence electrons. The Hall–Kier alpha value is -0.120. The SMILES string of the molecule is COCCN1CCC(N2CCCCC2)CC1. The maximum atomic E-state index is 5.14. The molecular weight excluding hydrogens is 200 g/mol. The second kappa shape index (κ2) is 6.58. The van der Waals surface area contributed by atoms with Gasteiger partial charge < -0.3 is 14.5 Å². The summed E-state index contributed by atoms with van der Waals surface area (Å²) < 4.78 is 5.14. The van der Waals surface area contributed by atoms with Gasteiger partial charge in [0.15, 0.2) is 0 Å². The van der Waals surface area contributed by atoms with Crippen LogP contribution in [0.1, 0.15) is 32.1 Å². The van der Waals surface area contributed by atoms with E-state index in [-0.39, 0.29) is 0 Å². The van der Waals surface area contributed by atoms with Crippen LogP contribution in [-0.4, -0.2) is 62.3 Å². The van der Waals surface area contributed by atoms with Crippen molar-refractivity contribution in [3.63, 3.8) is 0 Å². The van der Waals surface area contributed by atoms with Crippen LogP contribution in [0.2, 0.25) is 0 Å². The molecule has 0 aliphatic carbocycles. The van der Waals surface area contributed by atoms with Crippen molar-refractivity contribution in [3.05, 3.63) is 0 Å². The Kier molecular flexibility index (Phi) is 5.07. The first kappa shape index (κ1) is 12.3. The second-order valence-corrected chi connectivity index (χ2v) is 5.16. The summed E-state index contributed by atoms with van der Waals surface area (Å²) in [5.74, 6) is 0. The van der Waals surface area contributed by atoms with E-state index >= 15 is 0 Å². The fourth-order valence-electron chi connectivity index (χ4n) is 3.01. The summed E-state index contributed by atoms with van der Waals surface area (Å²) in [5, 5.41) is 0. The van der Waals surface area contributed by atoms with Gasteiger partial charge in [0.1, 0.15) is 0 Å². The van der Waals surface area contributed by atoms with E-state index in [9.17, 15) is 0 Å². The van der Waals surface area contributed by atoms with Crippen molar-refractivity contribution in [2.24, 2.45) is 0 Å². The van der Waals surface area contributed by atoms with Gasteiger partial charge in [-0.25, -0.2) is 0 Å². The highest BCUT2D eigenvalue weighted by molar-refractivity contribution is 4.81. The summed E-state index contributed by atoms with van der Waals surface area (Å²) in [5.41, 5.74) is 0. The van der Waals surface area contributed by atoms with Gasteiger partial charge in [0.2, 0.25) is 0 Å². The van der Waals surface area contributed by atoms with Gasteiger partial charge in [0.05, 0.1) is 6.61 Å². The van der Waals surface area contributed by atoms with Crippen LogP contribution in [-0.2, 0) is 4.74 Å². The first-order valence-corrected chi connectivity index (χ1v) is 6.85. The van der Waals surface area contributed by atoms with Crippen LogP contribution in [0.5, 0.6) is 0 Å². The monoisotopic (exact) mass is 226 g/mol. The van der Waals surface area contributed by atoms with Crippen LogP contribution in [0.3, 0.4) is 0 Å². The van der Waals surface area contributed by atoms with Crippen molar-refractivity contribution in [1.82, 2.24) is 9.80 Å². The maximum Gasteiger partial charge on any atom is 0.0589 e. The Bertz CT molecular complexity index is 184. The van der Waals surface area contributed by atoms with E-state index in [1.807, 2.05) is 0 Å². The van der Waals surface area contributed by atoms with Crippen molar-refractivity contribution < 1.29 is 4.74 Å². The molecule has 2 rings (SSSR count). The van der Waals surface area contributed by atoms with Crippen molar-refractivity contribution in [1.29, 1.82) is 0 Å². The summed E-state index contributed by atoms with van der Waals surface area (Å²) in [6.45, 7) is 7.23. The predicted octanol–water partition coefficient (Wildman–Crippen LogP) is 1.58. The van der Waals surface area contributed by atoms with Crippen LogP contribution in [0, 0.1) is 0 Å². The lowest BCUT2D eigenvalue weighted by molar-refractivity contribution is 0.0764. The Morgan fingerprint density at radius 1 is 1.00 bits per heavy atom. The molecule has 0 aromatic heterocycles. The Morgan fingerprint density at radius 3 is 2.31 bits per heavy atom. The van der Waals surface area contributed by atoms with Gasteiger partial charge in [-0.15, -0.1) is 0 Å². The molecule has 3 heteroatoms. The van der Waals surface area contributed by atoms with Crippen molar-refractivity contribution in [2.45, 2.75) is 38.1 Å². The smallest absolute Gasteiger partial charge is 0.0589 e. The molecule has 16 heavy (non-hydrogen) atoms. The zero-order chi connectivity index (χ0) is 11.2. The van der Waals surface area contributed by atoms with E-state index in [1.54, 1.807) is 7.11 Å². The lowest BCUT2D eigenvalue weighted by Gasteiger charge is -2.40. The summed E-state index contributed by atoms with van der Waals surface area (Å²) in [7, 11) is 1.79. The second-order valence-electron chi connectivity index (χ2n) is 5.16. The number of likely N-dealkylation sites (tertiary alicyclic amines) is 2. The molecule has 2 saturated heterocycles. The number of ether oxygens (including phenoxy) is 1. The molecule has 2 aliphatic heterocycles. The molecule has 0 amide bonds. The van der Waals surface area contributed by atoms with Gasteiger partial charge in [0, 0.05) is 19.7 Å². The number of hydrogen-bond acceptors (Lipinski definition) is 3. The topological polar surface area (TPSA) is 15.7 Å². The third kappa shape index (κ3) is 3.44. The van der Waals surface area contributed by atoms with Crippen molar-refractivity contribution in [3.8, 4) is 0 Å².